The second kappa shape index (κ2) is 6.29. The lowest BCUT2D eigenvalue weighted by molar-refractivity contribution is 0.104. The molecular formula is C20H18OS. The van der Waals surface area contributed by atoms with Crippen LogP contribution in [-0.4, -0.2) is 5.78 Å². The summed E-state index contributed by atoms with van der Waals surface area (Å²) in [6.07, 6.45) is 5.21. The number of carbonyl (C=O) groups excluding carboxylic acids is 1. The first-order valence-electron chi connectivity index (χ1n) is 7.48. The molecule has 1 nitrogen and oxygen atoms in total. The molecule has 1 heterocycles. The van der Waals surface area contributed by atoms with E-state index in [-0.39, 0.29) is 5.78 Å². The summed E-state index contributed by atoms with van der Waals surface area (Å²) in [6.45, 7) is 4.18. The Morgan fingerprint density at radius 3 is 2.64 bits per heavy atom. The molecule has 0 saturated heterocycles. The van der Waals surface area contributed by atoms with Gasteiger partial charge in [-0.15, -0.1) is 11.3 Å². The Hall–Kier alpha value is -2.19. The molecule has 0 unspecified atom stereocenters. The van der Waals surface area contributed by atoms with Crippen LogP contribution in [0.5, 0.6) is 0 Å². The minimum absolute atomic E-state index is 0.0983. The predicted octanol–water partition coefficient (Wildman–Crippen LogP) is 5.86. The second-order valence-electron chi connectivity index (χ2n) is 5.41. The topological polar surface area (TPSA) is 17.1 Å². The van der Waals surface area contributed by atoms with Crippen LogP contribution in [0.4, 0.5) is 0 Å². The van der Waals surface area contributed by atoms with Crippen LogP contribution in [0.3, 0.4) is 0 Å². The number of allylic oxidation sites excluding steroid dienone is 1. The molecule has 0 spiro atoms. The first-order chi connectivity index (χ1) is 10.7. The third kappa shape index (κ3) is 2.88. The third-order valence-corrected chi connectivity index (χ3v) is 4.64. The van der Waals surface area contributed by atoms with E-state index in [4.69, 9.17) is 0 Å². The lowest BCUT2D eigenvalue weighted by Gasteiger charge is -2.01. The molecular weight excluding hydrogens is 288 g/mol. The van der Waals surface area contributed by atoms with Crippen molar-refractivity contribution in [1.29, 1.82) is 0 Å². The van der Waals surface area contributed by atoms with E-state index in [1.54, 1.807) is 11.3 Å². The van der Waals surface area contributed by atoms with Crippen LogP contribution in [0.1, 0.15) is 40.4 Å². The maximum Gasteiger partial charge on any atom is 0.194 e. The van der Waals surface area contributed by atoms with Crippen LogP contribution in [0, 0.1) is 6.92 Å². The standard InChI is InChI=1S/C20H18OS/c1-3-4-5-15-7-9-16(10-8-15)20(21)18-13-22-19-12-14(2)6-11-17(18)19/h4-13H,3H2,1-2H3/b5-4+. The highest BCUT2D eigenvalue weighted by molar-refractivity contribution is 7.17. The van der Waals surface area contributed by atoms with Gasteiger partial charge in [0.25, 0.3) is 0 Å². The van der Waals surface area contributed by atoms with Crippen LogP contribution in [-0.2, 0) is 0 Å². The highest BCUT2D eigenvalue weighted by atomic mass is 32.1. The van der Waals surface area contributed by atoms with E-state index >= 15 is 0 Å². The summed E-state index contributed by atoms with van der Waals surface area (Å²) in [7, 11) is 0. The Balaban J connectivity index is 1.94. The molecule has 0 radical (unpaired) electrons. The van der Waals surface area contributed by atoms with Crippen LogP contribution in [0.2, 0.25) is 0 Å². The summed E-state index contributed by atoms with van der Waals surface area (Å²) in [5.41, 5.74) is 3.90. The van der Waals surface area contributed by atoms with E-state index in [2.05, 4.69) is 38.1 Å². The monoisotopic (exact) mass is 306 g/mol. The Bertz CT molecular complexity index is 838. The van der Waals surface area contributed by atoms with E-state index in [9.17, 15) is 4.79 Å². The number of hydrogen-bond donors (Lipinski definition) is 0. The number of hydrogen-bond acceptors (Lipinski definition) is 2. The molecule has 0 saturated carbocycles. The molecule has 0 fully saturated rings. The van der Waals surface area contributed by atoms with Gasteiger partial charge in [0.2, 0.25) is 0 Å². The van der Waals surface area contributed by atoms with Crippen LogP contribution in [0.15, 0.2) is 53.9 Å². The van der Waals surface area contributed by atoms with Gasteiger partial charge in [0.15, 0.2) is 5.78 Å². The molecule has 1 aromatic heterocycles. The Labute approximate surface area is 134 Å². The van der Waals surface area contributed by atoms with Crippen LogP contribution >= 0.6 is 11.3 Å². The first kappa shape index (κ1) is 14.7. The summed E-state index contributed by atoms with van der Waals surface area (Å²) < 4.78 is 1.17. The van der Waals surface area contributed by atoms with E-state index in [1.165, 1.54) is 10.3 Å². The average molecular weight is 306 g/mol. The van der Waals surface area contributed by atoms with Gasteiger partial charge in [0, 0.05) is 26.6 Å². The first-order valence-corrected chi connectivity index (χ1v) is 8.36. The summed E-state index contributed by atoms with van der Waals surface area (Å²) in [4.78, 5) is 12.7. The highest BCUT2D eigenvalue weighted by Crippen LogP contribution is 2.28. The Morgan fingerprint density at radius 2 is 1.91 bits per heavy atom. The van der Waals surface area contributed by atoms with Gasteiger partial charge in [-0.05, 0) is 30.5 Å². The van der Waals surface area contributed by atoms with Gasteiger partial charge in [0.05, 0.1) is 0 Å². The lowest BCUT2D eigenvalue weighted by atomic mass is 10.0. The van der Waals surface area contributed by atoms with Gasteiger partial charge in [-0.3, -0.25) is 4.79 Å². The molecule has 2 heteroatoms. The maximum absolute atomic E-state index is 12.7. The molecule has 0 aliphatic carbocycles. The summed E-state index contributed by atoms with van der Waals surface area (Å²) in [5, 5.41) is 3.02. The minimum Gasteiger partial charge on any atom is -0.289 e. The number of rotatable bonds is 4. The molecule has 0 bridgehead atoms. The van der Waals surface area contributed by atoms with Gasteiger partial charge < -0.3 is 0 Å². The average Bonchev–Trinajstić information content (AvgIpc) is 2.95. The van der Waals surface area contributed by atoms with Crippen molar-refractivity contribution < 1.29 is 4.79 Å². The largest absolute Gasteiger partial charge is 0.289 e. The second-order valence-corrected chi connectivity index (χ2v) is 6.32. The Morgan fingerprint density at radius 1 is 1.14 bits per heavy atom. The fourth-order valence-corrected chi connectivity index (χ4v) is 3.50. The minimum atomic E-state index is 0.0983. The number of benzene rings is 2. The molecule has 3 aromatic rings. The summed E-state index contributed by atoms with van der Waals surface area (Å²) >= 11 is 1.63. The number of aryl methyl sites for hydroxylation is 1. The van der Waals surface area contributed by atoms with Gasteiger partial charge in [-0.25, -0.2) is 0 Å². The maximum atomic E-state index is 12.7. The van der Waals surface area contributed by atoms with E-state index < -0.39 is 0 Å². The highest BCUT2D eigenvalue weighted by Gasteiger charge is 2.14. The van der Waals surface area contributed by atoms with Crippen LogP contribution < -0.4 is 0 Å². The van der Waals surface area contributed by atoms with Crippen molar-refractivity contribution in [3.05, 3.63) is 76.2 Å². The van der Waals surface area contributed by atoms with Crippen molar-refractivity contribution in [2.75, 3.05) is 0 Å². The van der Waals surface area contributed by atoms with Gasteiger partial charge in [-0.2, -0.15) is 0 Å². The molecule has 0 atom stereocenters. The summed E-state index contributed by atoms with van der Waals surface area (Å²) in [6, 6.07) is 14.1. The van der Waals surface area contributed by atoms with Gasteiger partial charge in [0.1, 0.15) is 0 Å². The molecule has 0 amide bonds. The molecule has 0 aliphatic rings. The number of ketones is 1. The smallest absolute Gasteiger partial charge is 0.194 e. The number of carbonyl (C=O) groups is 1. The zero-order valence-electron chi connectivity index (χ0n) is 12.8. The number of thiophene rings is 1. The predicted molar refractivity (Wildman–Crippen MR) is 95.8 cm³/mol. The van der Waals surface area contributed by atoms with E-state index in [1.807, 2.05) is 35.7 Å². The van der Waals surface area contributed by atoms with Crippen molar-refractivity contribution in [3.63, 3.8) is 0 Å². The SMILES string of the molecule is CC/C=C/c1ccc(C(=O)c2csc3cc(C)ccc23)cc1. The molecule has 110 valence electrons. The van der Waals surface area contributed by atoms with Crippen molar-refractivity contribution in [2.45, 2.75) is 20.3 Å². The van der Waals surface area contributed by atoms with E-state index in [0.717, 1.165) is 28.5 Å². The molecule has 3 rings (SSSR count). The Kier molecular flexibility index (Phi) is 4.21. The van der Waals surface area contributed by atoms with Crippen molar-refractivity contribution in [3.8, 4) is 0 Å². The fraction of sp³-hybridized carbons (Fsp3) is 0.150. The van der Waals surface area contributed by atoms with Crippen molar-refractivity contribution in [1.82, 2.24) is 0 Å². The van der Waals surface area contributed by atoms with Crippen molar-refractivity contribution >= 4 is 33.3 Å². The van der Waals surface area contributed by atoms with Gasteiger partial charge in [-0.1, -0.05) is 55.5 Å². The van der Waals surface area contributed by atoms with E-state index in [0.29, 0.717) is 0 Å². The normalized spacial score (nSPS) is 11.4. The quantitative estimate of drug-likeness (QED) is 0.551. The summed E-state index contributed by atoms with van der Waals surface area (Å²) in [5.74, 6) is 0.0983. The third-order valence-electron chi connectivity index (χ3n) is 3.69. The lowest BCUT2D eigenvalue weighted by Crippen LogP contribution is -1.99. The van der Waals surface area contributed by atoms with Crippen molar-refractivity contribution in [2.24, 2.45) is 0 Å². The zero-order chi connectivity index (χ0) is 15.5. The van der Waals surface area contributed by atoms with Gasteiger partial charge >= 0.3 is 0 Å². The molecule has 2 aromatic carbocycles. The fourth-order valence-electron chi connectivity index (χ4n) is 2.47. The number of fused-ring (bicyclic) bond motifs is 1. The molecule has 22 heavy (non-hydrogen) atoms. The van der Waals surface area contributed by atoms with Crippen LogP contribution in [0.25, 0.3) is 16.2 Å². The molecule has 0 aliphatic heterocycles. The zero-order valence-corrected chi connectivity index (χ0v) is 13.6. The molecule has 0 N–H and O–H groups in total.